The van der Waals surface area contributed by atoms with Gasteiger partial charge in [-0.05, 0) is 31.0 Å². The van der Waals surface area contributed by atoms with Crippen LogP contribution in [0.25, 0.3) is 16.6 Å². The number of anilines is 2. The fraction of sp³-hybridized carbons (Fsp3) is 0.409. The van der Waals surface area contributed by atoms with E-state index in [-0.39, 0.29) is 6.10 Å². The second-order valence-electron chi connectivity index (χ2n) is 8.57. The lowest BCUT2D eigenvalue weighted by Crippen LogP contribution is -2.67. The minimum absolute atomic E-state index is 0.303. The Labute approximate surface area is 174 Å². The zero-order valence-electron chi connectivity index (χ0n) is 16.6. The Morgan fingerprint density at radius 2 is 1.97 bits per heavy atom. The number of nitrogens with one attached hydrogen (secondary N) is 1. The molecular formula is C22H23N7O. The SMILES string of the molecule is N#Cc1cnn2cc(N3CC[C@H](O)C3)cc(-c3ccc(N4CC5CC(C4)N5)nc3)c12. The van der Waals surface area contributed by atoms with E-state index in [0.717, 1.165) is 54.2 Å². The molecule has 3 aromatic heterocycles. The predicted octanol–water partition coefficient (Wildman–Crippen LogP) is 1.39. The summed E-state index contributed by atoms with van der Waals surface area (Å²) >= 11 is 0. The fourth-order valence-electron chi connectivity index (χ4n) is 4.99. The van der Waals surface area contributed by atoms with Gasteiger partial charge >= 0.3 is 0 Å². The van der Waals surface area contributed by atoms with Crippen LogP contribution in [-0.2, 0) is 0 Å². The number of nitriles is 1. The van der Waals surface area contributed by atoms with E-state index in [1.807, 2.05) is 12.4 Å². The molecule has 4 aliphatic heterocycles. The van der Waals surface area contributed by atoms with E-state index in [1.54, 1.807) is 10.7 Å². The molecule has 2 bridgehead atoms. The second kappa shape index (κ2) is 6.69. The van der Waals surface area contributed by atoms with E-state index in [1.165, 1.54) is 6.42 Å². The Morgan fingerprint density at radius 3 is 2.63 bits per heavy atom. The van der Waals surface area contributed by atoms with Crippen molar-refractivity contribution in [2.75, 3.05) is 36.0 Å². The first-order valence-electron chi connectivity index (χ1n) is 10.5. The molecular weight excluding hydrogens is 378 g/mol. The van der Waals surface area contributed by atoms with Gasteiger partial charge in [0.15, 0.2) is 0 Å². The number of aliphatic hydroxyl groups is 1. The summed E-state index contributed by atoms with van der Waals surface area (Å²) in [6.07, 6.45) is 7.17. The summed E-state index contributed by atoms with van der Waals surface area (Å²) < 4.78 is 1.77. The molecule has 8 nitrogen and oxygen atoms in total. The maximum Gasteiger partial charge on any atom is 0.128 e. The summed E-state index contributed by atoms with van der Waals surface area (Å²) in [4.78, 5) is 9.26. The molecule has 8 heteroatoms. The van der Waals surface area contributed by atoms with Gasteiger partial charge in [0.1, 0.15) is 11.9 Å². The minimum Gasteiger partial charge on any atom is -0.391 e. The molecule has 4 fully saturated rings. The molecule has 0 spiro atoms. The van der Waals surface area contributed by atoms with Crippen LogP contribution in [0.2, 0.25) is 0 Å². The largest absolute Gasteiger partial charge is 0.391 e. The van der Waals surface area contributed by atoms with Crippen molar-refractivity contribution in [3.05, 3.63) is 42.4 Å². The molecule has 0 saturated carbocycles. The van der Waals surface area contributed by atoms with E-state index in [0.29, 0.717) is 24.2 Å². The third-order valence-corrected chi connectivity index (χ3v) is 6.55. The zero-order chi connectivity index (χ0) is 20.2. The summed E-state index contributed by atoms with van der Waals surface area (Å²) in [5, 5.41) is 27.5. The lowest BCUT2D eigenvalue weighted by atomic mass is 9.91. The molecule has 152 valence electrons. The number of hydrogen-bond donors (Lipinski definition) is 2. The van der Waals surface area contributed by atoms with E-state index in [4.69, 9.17) is 4.98 Å². The number of piperazine rings is 1. The topological polar surface area (TPSA) is 92.7 Å². The highest BCUT2D eigenvalue weighted by molar-refractivity contribution is 5.86. The molecule has 0 amide bonds. The van der Waals surface area contributed by atoms with Gasteiger partial charge in [-0.25, -0.2) is 9.50 Å². The molecule has 0 aliphatic carbocycles. The van der Waals surface area contributed by atoms with Crippen molar-refractivity contribution < 1.29 is 5.11 Å². The Kier molecular flexibility index (Phi) is 3.94. The quantitative estimate of drug-likeness (QED) is 0.685. The Hall–Kier alpha value is -3.15. The maximum absolute atomic E-state index is 9.95. The number of β-amino-alcohol motifs (C(OH)–C–C–N with tert-alkyl or cyclic N) is 1. The van der Waals surface area contributed by atoms with Gasteiger partial charge in [-0.3, -0.25) is 0 Å². The minimum atomic E-state index is -0.303. The smallest absolute Gasteiger partial charge is 0.128 e. The average Bonchev–Trinajstić information content (AvgIpc) is 3.39. The summed E-state index contributed by atoms with van der Waals surface area (Å²) in [5.41, 5.74) is 4.23. The summed E-state index contributed by atoms with van der Waals surface area (Å²) in [5.74, 6) is 0.999. The van der Waals surface area contributed by atoms with E-state index >= 15 is 0 Å². The van der Waals surface area contributed by atoms with Gasteiger partial charge in [0.05, 0.1) is 35.3 Å². The van der Waals surface area contributed by atoms with Gasteiger partial charge in [-0.15, -0.1) is 0 Å². The van der Waals surface area contributed by atoms with E-state index < -0.39 is 0 Å². The standard InChI is InChI=1S/C22H23N7O/c23-7-15-9-25-29-12-18(27-4-3-19(30)13-27)6-20(22(15)29)14-1-2-21(24-8-14)28-10-16-5-17(11-28)26-16/h1-2,6,8-9,12,16-17,19,26,30H,3-5,10-11,13H2/t16?,17?,19-/m0/s1. The monoisotopic (exact) mass is 401 g/mol. The van der Waals surface area contributed by atoms with Gasteiger partial charge in [0.2, 0.25) is 0 Å². The molecule has 3 aromatic rings. The van der Waals surface area contributed by atoms with Crippen molar-refractivity contribution in [2.45, 2.75) is 31.0 Å². The van der Waals surface area contributed by atoms with Crippen LogP contribution < -0.4 is 15.1 Å². The van der Waals surface area contributed by atoms with Crippen LogP contribution in [0.5, 0.6) is 0 Å². The van der Waals surface area contributed by atoms with Crippen molar-refractivity contribution >= 4 is 17.0 Å². The normalized spacial score (nSPS) is 25.4. The number of aliphatic hydroxyl groups excluding tert-OH is 1. The second-order valence-corrected chi connectivity index (χ2v) is 8.57. The first-order valence-corrected chi connectivity index (χ1v) is 10.5. The van der Waals surface area contributed by atoms with Crippen molar-refractivity contribution in [3.63, 3.8) is 0 Å². The predicted molar refractivity (Wildman–Crippen MR) is 114 cm³/mol. The van der Waals surface area contributed by atoms with Crippen LogP contribution in [0, 0.1) is 11.3 Å². The van der Waals surface area contributed by atoms with Crippen molar-refractivity contribution in [2.24, 2.45) is 0 Å². The van der Waals surface area contributed by atoms with Gasteiger partial charge in [-0.2, -0.15) is 10.4 Å². The van der Waals surface area contributed by atoms with E-state index in [9.17, 15) is 10.4 Å². The lowest BCUT2D eigenvalue weighted by Gasteiger charge is -2.48. The van der Waals surface area contributed by atoms with Crippen LogP contribution in [-0.4, -0.2) is 64.1 Å². The Bertz CT molecular complexity index is 1130. The molecule has 2 N–H and O–H groups in total. The number of piperidine rings is 1. The van der Waals surface area contributed by atoms with Crippen LogP contribution in [0.3, 0.4) is 0 Å². The first kappa shape index (κ1) is 17.7. The first-order chi connectivity index (χ1) is 14.7. The summed E-state index contributed by atoms with van der Waals surface area (Å²) in [6, 6.07) is 9.68. The molecule has 2 unspecified atom stereocenters. The Morgan fingerprint density at radius 1 is 1.13 bits per heavy atom. The highest BCUT2D eigenvalue weighted by Crippen LogP contribution is 2.33. The molecule has 7 heterocycles. The Balaban J connectivity index is 1.40. The van der Waals surface area contributed by atoms with Crippen molar-refractivity contribution in [3.8, 4) is 17.2 Å². The maximum atomic E-state index is 9.95. The summed E-state index contributed by atoms with van der Waals surface area (Å²) in [6.45, 7) is 3.42. The van der Waals surface area contributed by atoms with Gasteiger partial charge in [-0.1, -0.05) is 0 Å². The number of pyridine rings is 2. The van der Waals surface area contributed by atoms with E-state index in [2.05, 4.69) is 44.5 Å². The number of rotatable bonds is 3. The van der Waals surface area contributed by atoms with Gasteiger partial charge in [0.25, 0.3) is 0 Å². The molecule has 7 rings (SSSR count). The third kappa shape index (κ3) is 2.82. The fourth-order valence-corrected chi connectivity index (χ4v) is 4.99. The van der Waals surface area contributed by atoms with Gasteiger partial charge < -0.3 is 20.2 Å². The third-order valence-electron chi connectivity index (χ3n) is 6.55. The molecule has 4 saturated heterocycles. The molecule has 0 aromatic carbocycles. The lowest BCUT2D eigenvalue weighted by molar-refractivity contribution is 0.198. The zero-order valence-corrected chi connectivity index (χ0v) is 16.6. The van der Waals surface area contributed by atoms with Crippen molar-refractivity contribution in [1.29, 1.82) is 5.26 Å². The van der Waals surface area contributed by atoms with Crippen LogP contribution in [0.15, 0.2) is 36.8 Å². The average molecular weight is 401 g/mol. The highest BCUT2D eigenvalue weighted by Gasteiger charge is 2.36. The van der Waals surface area contributed by atoms with Crippen LogP contribution >= 0.6 is 0 Å². The number of nitrogens with zero attached hydrogens (tertiary/aromatic N) is 6. The van der Waals surface area contributed by atoms with Crippen molar-refractivity contribution in [1.82, 2.24) is 19.9 Å². The molecule has 3 atom stereocenters. The summed E-state index contributed by atoms with van der Waals surface area (Å²) in [7, 11) is 0. The molecule has 0 radical (unpaired) electrons. The number of aromatic nitrogens is 3. The van der Waals surface area contributed by atoms with Gasteiger partial charge in [0, 0.05) is 55.6 Å². The molecule has 4 aliphatic rings. The molecule has 30 heavy (non-hydrogen) atoms. The number of fused-ring (bicyclic) bond motifs is 3. The highest BCUT2D eigenvalue weighted by atomic mass is 16.3. The van der Waals surface area contributed by atoms with Crippen LogP contribution in [0.1, 0.15) is 18.4 Å². The van der Waals surface area contributed by atoms with Crippen LogP contribution in [0.4, 0.5) is 11.5 Å². The number of hydrogen-bond acceptors (Lipinski definition) is 7.